The SMILES string of the molecule is Cc1cccc(N2C(=O)C3=C(C2=O)C(c2cccc(O)c2)Nc2ccccc2S3)c1. The van der Waals surface area contributed by atoms with Crippen LogP contribution in [0.5, 0.6) is 5.75 Å². The Balaban J connectivity index is 1.68. The quantitative estimate of drug-likeness (QED) is 0.590. The summed E-state index contributed by atoms with van der Waals surface area (Å²) in [7, 11) is 0. The summed E-state index contributed by atoms with van der Waals surface area (Å²) in [4.78, 5) is 29.5. The Labute approximate surface area is 178 Å². The number of fused-ring (bicyclic) bond motifs is 1. The van der Waals surface area contributed by atoms with Gasteiger partial charge >= 0.3 is 0 Å². The van der Waals surface area contributed by atoms with E-state index in [9.17, 15) is 14.7 Å². The number of amides is 2. The standard InChI is InChI=1S/C24H18N2O3S/c1-14-6-4-8-16(12-14)26-23(28)20-21(15-7-5-9-17(27)13-15)25-18-10-2-3-11-19(18)30-22(20)24(26)29/h2-13,21,25,27H,1H3. The minimum atomic E-state index is -0.561. The predicted molar refractivity (Wildman–Crippen MR) is 117 cm³/mol. The van der Waals surface area contributed by atoms with Gasteiger partial charge in [-0.15, -0.1) is 0 Å². The van der Waals surface area contributed by atoms with Crippen LogP contribution in [0.3, 0.4) is 0 Å². The molecule has 0 aliphatic carbocycles. The molecule has 0 fully saturated rings. The van der Waals surface area contributed by atoms with E-state index in [0.717, 1.165) is 16.1 Å². The third-order valence-corrected chi connectivity index (χ3v) is 6.40. The first-order valence-corrected chi connectivity index (χ1v) is 10.4. The maximum absolute atomic E-state index is 13.6. The Hall–Kier alpha value is -3.51. The molecule has 0 saturated heterocycles. The molecule has 2 heterocycles. The molecule has 1 unspecified atom stereocenters. The van der Waals surface area contributed by atoms with Crippen LogP contribution in [0.1, 0.15) is 17.2 Å². The van der Waals surface area contributed by atoms with Crippen LogP contribution in [0.4, 0.5) is 11.4 Å². The fraction of sp³-hybridized carbons (Fsp3) is 0.0833. The Morgan fingerprint density at radius 2 is 1.73 bits per heavy atom. The fourth-order valence-corrected chi connectivity index (χ4v) is 4.95. The van der Waals surface area contributed by atoms with Gasteiger partial charge in [0, 0.05) is 10.6 Å². The zero-order valence-electron chi connectivity index (χ0n) is 16.1. The van der Waals surface area contributed by atoms with E-state index in [2.05, 4.69) is 5.32 Å². The molecule has 0 spiro atoms. The summed E-state index contributed by atoms with van der Waals surface area (Å²) in [5, 5.41) is 13.4. The van der Waals surface area contributed by atoms with Crippen molar-refractivity contribution in [1.29, 1.82) is 0 Å². The minimum Gasteiger partial charge on any atom is -0.508 e. The summed E-state index contributed by atoms with van der Waals surface area (Å²) in [5.41, 5.74) is 3.48. The molecule has 1 atom stereocenters. The van der Waals surface area contributed by atoms with Gasteiger partial charge in [-0.05, 0) is 54.4 Å². The highest BCUT2D eigenvalue weighted by atomic mass is 32.2. The maximum Gasteiger partial charge on any atom is 0.272 e. The molecule has 2 amide bonds. The number of thioether (sulfide) groups is 1. The molecule has 5 rings (SSSR count). The smallest absolute Gasteiger partial charge is 0.272 e. The van der Waals surface area contributed by atoms with E-state index in [0.29, 0.717) is 21.7 Å². The van der Waals surface area contributed by atoms with Crippen LogP contribution in [0, 0.1) is 6.92 Å². The molecule has 0 saturated carbocycles. The lowest BCUT2D eigenvalue weighted by Gasteiger charge is -2.23. The number of anilines is 2. The zero-order valence-corrected chi connectivity index (χ0v) is 16.9. The van der Waals surface area contributed by atoms with Crippen LogP contribution in [0.15, 0.2) is 88.2 Å². The van der Waals surface area contributed by atoms with E-state index in [1.165, 1.54) is 16.7 Å². The summed E-state index contributed by atoms with van der Waals surface area (Å²) in [6.07, 6.45) is 0. The number of rotatable bonds is 2. The monoisotopic (exact) mass is 414 g/mol. The maximum atomic E-state index is 13.6. The second kappa shape index (κ2) is 7.07. The van der Waals surface area contributed by atoms with Crippen LogP contribution >= 0.6 is 11.8 Å². The largest absolute Gasteiger partial charge is 0.508 e. The highest BCUT2D eigenvalue weighted by Gasteiger charge is 2.45. The molecule has 3 aromatic rings. The third-order valence-electron chi connectivity index (χ3n) is 5.23. The highest BCUT2D eigenvalue weighted by Crippen LogP contribution is 2.48. The molecule has 2 aliphatic rings. The van der Waals surface area contributed by atoms with Crippen LogP contribution < -0.4 is 10.2 Å². The number of imide groups is 1. The van der Waals surface area contributed by atoms with Crippen LogP contribution in [-0.4, -0.2) is 16.9 Å². The Morgan fingerprint density at radius 3 is 2.53 bits per heavy atom. The molecule has 5 nitrogen and oxygen atoms in total. The molecule has 0 radical (unpaired) electrons. The average Bonchev–Trinajstić information content (AvgIpc) is 2.88. The van der Waals surface area contributed by atoms with E-state index in [1.54, 1.807) is 24.3 Å². The van der Waals surface area contributed by atoms with E-state index < -0.39 is 6.04 Å². The van der Waals surface area contributed by atoms with Crippen molar-refractivity contribution in [1.82, 2.24) is 0 Å². The molecule has 6 heteroatoms. The summed E-state index contributed by atoms with van der Waals surface area (Å²) in [6, 6.07) is 21.2. The second-order valence-corrected chi connectivity index (χ2v) is 8.35. The third kappa shape index (κ3) is 2.97. The van der Waals surface area contributed by atoms with Crippen molar-refractivity contribution < 1.29 is 14.7 Å². The molecule has 3 aromatic carbocycles. The first kappa shape index (κ1) is 18.5. The van der Waals surface area contributed by atoms with Crippen molar-refractivity contribution in [2.45, 2.75) is 17.9 Å². The number of hydrogen-bond acceptors (Lipinski definition) is 5. The summed E-state index contributed by atoms with van der Waals surface area (Å²) < 4.78 is 0. The van der Waals surface area contributed by atoms with E-state index in [1.807, 2.05) is 55.5 Å². The van der Waals surface area contributed by atoms with Gasteiger partial charge in [-0.25, -0.2) is 4.90 Å². The molecule has 2 N–H and O–H groups in total. The van der Waals surface area contributed by atoms with Crippen LogP contribution in [-0.2, 0) is 9.59 Å². The Bertz CT molecular complexity index is 1230. The molecule has 0 bridgehead atoms. The molecule has 0 aromatic heterocycles. The molecular formula is C24H18N2O3S. The number of aryl methyl sites for hydroxylation is 1. The fourth-order valence-electron chi connectivity index (χ4n) is 3.85. The molecule has 30 heavy (non-hydrogen) atoms. The zero-order chi connectivity index (χ0) is 20.8. The van der Waals surface area contributed by atoms with Crippen molar-refractivity contribution in [2.75, 3.05) is 10.2 Å². The van der Waals surface area contributed by atoms with Gasteiger partial charge in [-0.1, -0.05) is 48.2 Å². The molecular weight excluding hydrogens is 396 g/mol. The average molecular weight is 414 g/mol. The van der Waals surface area contributed by atoms with Gasteiger partial charge in [0.2, 0.25) is 0 Å². The van der Waals surface area contributed by atoms with Gasteiger partial charge in [0.05, 0.1) is 22.2 Å². The van der Waals surface area contributed by atoms with E-state index in [-0.39, 0.29) is 17.6 Å². The van der Waals surface area contributed by atoms with Crippen molar-refractivity contribution >= 4 is 35.0 Å². The van der Waals surface area contributed by atoms with Gasteiger partial charge in [-0.3, -0.25) is 9.59 Å². The normalized spacial score (nSPS) is 18.0. The summed E-state index contributed by atoms with van der Waals surface area (Å²) >= 11 is 1.31. The second-order valence-electron chi connectivity index (χ2n) is 7.30. The number of phenolic OH excluding ortho intramolecular Hbond substituents is 1. The first-order chi connectivity index (χ1) is 14.5. The number of aromatic hydroxyl groups is 1. The number of carbonyl (C=O) groups excluding carboxylic acids is 2. The van der Waals surface area contributed by atoms with Crippen molar-refractivity contribution in [3.8, 4) is 5.75 Å². The van der Waals surface area contributed by atoms with Crippen molar-refractivity contribution in [2.24, 2.45) is 0 Å². The van der Waals surface area contributed by atoms with E-state index >= 15 is 0 Å². The lowest BCUT2D eigenvalue weighted by Crippen LogP contribution is -2.33. The number of carbonyl (C=O) groups is 2. The summed E-state index contributed by atoms with van der Waals surface area (Å²) in [6.45, 7) is 1.93. The Morgan fingerprint density at radius 1 is 0.933 bits per heavy atom. The number of benzene rings is 3. The lowest BCUT2D eigenvalue weighted by molar-refractivity contribution is -0.120. The number of nitrogens with zero attached hydrogens (tertiary/aromatic N) is 1. The number of para-hydroxylation sites is 1. The molecule has 148 valence electrons. The van der Waals surface area contributed by atoms with Crippen LogP contribution in [0.2, 0.25) is 0 Å². The van der Waals surface area contributed by atoms with Gasteiger partial charge < -0.3 is 10.4 Å². The van der Waals surface area contributed by atoms with E-state index in [4.69, 9.17) is 0 Å². The first-order valence-electron chi connectivity index (χ1n) is 9.55. The highest BCUT2D eigenvalue weighted by molar-refractivity contribution is 8.04. The number of nitrogens with one attached hydrogen (secondary N) is 1. The van der Waals surface area contributed by atoms with Gasteiger partial charge in [0.1, 0.15) is 5.75 Å². The summed E-state index contributed by atoms with van der Waals surface area (Å²) in [5.74, 6) is -0.565. The Kier molecular flexibility index (Phi) is 4.37. The van der Waals surface area contributed by atoms with Gasteiger partial charge in [0.15, 0.2) is 0 Å². The lowest BCUT2D eigenvalue weighted by atomic mass is 9.97. The topological polar surface area (TPSA) is 69.6 Å². The minimum absolute atomic E-state index is 0.106. The van der Waals surface area contributed by atoms with Crippen LogP contribution in [0.25, 0.3) is 0 Å². The molecule has 2 aliphatic heterocycles. The van der Waals surface area contributed by atoms with Crippen molar-refractivity contribution in [3.63, 3.8) is 0 Å². The number of hydrogen-bond donors (Lipinski definition) is 2. The van der Waals surface area contributed by atoms with Gasteiger partial charge in [-0.2, -0.15) is 0 Å². The van der Waals surface area contributed by atoms with Gasteiger partial charge in [0.25, 0.3) is 11.8 Å². The van der Waals surface area contributed by atoms with Crippen molar-refractivity contribution in [3.05, 3.63) is 94.4 Å². The number of phenols is 1. The predicted octanol–water partition coefficient (Wildman–Crippen LogP) is 4.79.